The molecule has 33 heavy (non-hydrogen) atoms. The number of nitrogens with one attached hydrogen (secondary N) is 1. The lowest BCUT2D eigenvalue weighted by Crippen LogP contribution is -2.18. The lowest BCUT2D eigenvalue weighted by Gasteiger charge is -2.17. The van der Waals surface area contributed by atoms with Crippen LogP contribution in [0.15, 0.2) is 65.6 Å². The normalized spacial score (nSPS) is 11.4. The number of esters is 1. The average molecular weight is 486 g/mol. The van der Waals surface area contributed by atoms with Crippen molar-refractivity contribution in [2.45, 2.75) is 18.2 Å². The average Bonchev–Trinajstić information content (AvgIpc) is 2.82. The van der Waals surface area contributed by atoms with E-state index in [9.17, 15) is 13.2 Å². The van der Waals surface area contributed by atoms with Crippen molar-refractivity contribution in [1.29, 1.82) is 0 Å². The number of benzene rings is 3. The fourth-order valence-corrected chi connectivity index (χ4v) is 4.75. The number of carbonyl (C=O) groups is 1. The van der Waals surface area contributed by atoms with E-state index in [1.165, 1.54) is 26.4 Å². The van der Waals surface area contributed by atoms with Gasteiger partial charge in [-0.2, -0.15) is 0 Å². The van der Waals surface area contributed by atoms with Crippen LogP contribution in [-0.2, 0) is 21.2 Å². The third-order valence-corrected chi connectivity index (χ3v) is 6.68. The predicted molar refractivity (Wildman–Crippen MR) is 131 cm³/mol. The van der Waals surface area contributed by atoms with Gasteiger partial charge in [0.15, 0.2) is 0 Å². The van der Waals surface area contributed by atoms with E-state index >= 15 is 0 Å². The van der Waals surface area contributed by atoms with Crippen molar-refractivity contribution in [1.82, 2.24) is 0 Å². The molecule has 0 fully saturated rings. The minimum absolute atomic E-state index is 0.0251. The molecule has 0 heterocycles. The highest BCUT2D eigenvalue weighted by Crippen LogP contribution is 2.33. The van der Waals surface area contributed by atoms with Gasteiger partial charge in [-0.15, -0.1) is 0 Å². The second-order valence-electron chi connectivity index (χ2n) is 7.05. The Morgan fingerprint density at radius 3 is 2.33 bits per heavy atom. The Labute approximate surface area is 198 Å². The Bertz CT molecular complexity index is 1280. The first kappa shape index (κ1) is 24.4. The Balaban J connectivity index is 2.03. The molecule has 0 aliphatic carbocycles. The molecular weight excluding hydrogens is 462 g/mol. The molecule has 0 unspecified atom stereocenters. The molecule has 0 bridgehead atoms. The van der Waals surface area contributed by atoms with E-state index in [1.807, 2.05) is 19.1 Å². The van der Waals surface area contributed by atoms with Gasteiger partial charge in [-0.05, 0) is 47.4 Å². The highest BCUT2D eigenvalue weighted by atomic mass is 35.5. The fourth-order valence-electron chi connectivity index (χ4n) is 3.35. The monoisotopic (exact) mass is 485 g/mol. The van der Waals surface area contributed by atoms with Crippen LogP contribution in [0.25, 0.3) is 12.2 Å². The van der Waals surface area contributed by atoms with E-state index in [2.05, 4.69) is 4.72 Å². The SMILES string of the molecule is CCc1ccc(NS(=O)(=O)c2ccccc2/C=C/c2ccc(Cl)cc2)c(C(=O)OC)c1OC. The third-order valence-electron chi connectivity index (χ3n) is 4.99. The van der Waals surface area contributed by atoms with Crippen molar-refractivity contribution in [3.8, 4) is 5.75 Å². The van der Waals surface area contributed by atoms with Crippen molar-refractivity contribution >= 4 is 45.4 Å². The summed E-state index contributed by atoms with van der Waals surface area (Å²) in [5.41, 5.74) is 2.21. The van der Waals surface area contributed by atoms with E-state index in [0.29, 0.717) is 17.0 Å². The van der Waals surface area contributed by atoms with E-state index in [-0.39, 0.29) is 21.9 Å². The molecule has 8 heteroatoms. The van der Waals surface area contributed by atoms with Crippen molar-refractivity contribution < 1.29 is 22.7 Å². The Kier molecular flexibility index (Phi) is 7.79. The number of sulfonamides is 1. The highest BCUT2D eigenvalue weighted by molar-refractivity contribution is 7.92. The number of anilines is 1. The molecule has 0 aliphatic heterocycles. The Hall–Kier alpha value is -3.29. The van der Waals surface area contributed by atoms with Gasteiger partial charge in [-0.3, -0.25) is 4.72 Å². The molecule has 3 rings (SSSR count). The maximum Gasteiger partial charge on any atom is 0.343 e. The van der Waals surface area contributed by atoms with Crippen LogP contribution in [0.4, 0.5) is 5.69 Å². The van der Waals surface area contributed by atoms with Gasteiger partial charge in [-0.25, -0.2) is 13.2 Å². The van der Waals surface area contributed by atoms with Crippen LogP contribution in [0, 0.1) is 0 Å². The van der Waals surface area contributed by atoms with Gasteiger partial charge in [0.05, 0.1) is 24.8 Å². The molecule has 0 amide bonds. The van der Waals surface area contributed by atoms with Gasteiger partial charge in [0, 0.05) is 5.02 Å². The molecule has 0 saturated carbocycles. The lowest BCUT2D eigenvalue weighted by molar-refractivity contribution is 0.0598. The molecule has 0 aromatic heterocycles. The molecule has 3 aromatic rings. The number of hydrogen-bond acceptors (Lipinski definition) is 5. The van der Waals surface area contributed by atoms with Crippen LogP contribution < -0.4 is 9.46 Å². The van der Waals surface area contributed by atoms with Crippen LogP contribution in [0.5, 0.6) is 5.75 Å². The second kappa shape index (κ2) is 10.6. The fraction of sp³-hybridized carbons (Fsp3) is 0.160. The van der Waals surface area contributed by atoms with Gasteiger partial charge in [0.2, 0.25) is 0 Å². The summed E-state index contributed by atoms with van der Waals surface area (Å²) in [5, 5.41) is 0.616. The zero-order valence-electron chi connectivity index (χ0n) is 18.5. The van der Waals surface area contributed by atoms with Crippen molar-refractivity contribution in [3.63, 3.8) is 0 Å². The first-order valence-electron chi connectivity index (χ1n) is 10.1. The zero-order chi connectivity index (χ0) is 24.0. The Morgan fingerprint density at radius 2 is 1.70 bits per heavy atom. The van der Waals surface area contributed by atoms with E-state index < -0.39 is 16.0 Å². The van der Waals surface area contributed by atoms with Gasteiger partial charge in [0.25, 0.3) is 10.0 Å². The lowest BCUT2D eigenvalue weighted by atomic mass is 10.0. The van der Waals surface area contributed by atoms with Crippen molar-refractivity contribution in [2.24, 2.45) is 0 Å². The number of aryl methyl sites for hydroxylation is 1. The molecule has 0 spiro atoms. The minimum Gasteiger partial charge on any atom is -0.495 e. The number of hydrogen-bond donors (Lipinski definition) is 1. The first-order valence-corrected chi connectivity index (χ1v) is 12.0. The molecule has 0 radical (unpaired) electrons. The maximum absolute atomic E-state index is 13.3. The number of methoxy groups -OCH3 is 2. The number of carbonyl (C=O) groups excluding carboxylic acids is 1. The molecule has 0 saturated heterocycles. The summed E-state index contributed by atoms with van der Waals surface area (Å²) < 4.78 is 39.5. The standard InChI is InChI=1S/C25H24ClNO5S/c1-4-18-13-16-21(23(24(18)31-2)25(28)32-3)27-33(29,30)22-8-6-5-7-19(22)12-9-17-10-14-20(26)15-11-17/h5-16,27H,4H2,1-3H3/b12-9+. The van der Waals surface area contributed by atoms with Crippen LogP contribution in [0.1, 0.15) is 34.0 Å². The van der Waals surface area contributed by atoms with Crippen LogP contribution in [0.3, 0.4) is 0 Å². The van der Waals surface area contributed by atoms with Crippen molar-refractivity contribution in [3.05, 3.63) is 87.9 Å². The summed E-state index contributed by atoms with van der Waals surface area (Å²) in [6, 6.07) is 17.0. The summed E-state index contributed by atoms with van der Waals surface area (Å²) in [5.74, 6) is -0.420. The smallest absolute Gasteiger partial charge is 0.343 e. The van der Waals surface area contributed by atoms with Crippen LogP contribution in [-0.4, -0.2) is 28.6 Å². The number of halogens is 1. The summed E-state index contributed by atoms with van der Waals surface area (Å²) in [7, 11) is -1.39. The van der Waals surface area contributed by atoms with E-state index in [4.69, 9.17) is 21.1 Å². The molecule has 172 valence electrons. The third kappa shape index (κ3) is 5.56. The van der Waals surface area contributed by atoms with Crippen LogP contribution in [0.2, 0.25) is 5.02 Å². The van der Waals surface area contributed by atoms with Crippen molar-refractivity contribution in [2.75, 3.05) is 18.9 Å². The van der Waals surface area contributed by atoms with Gasteiger partial charge in [0.1, 0.15) is 11.3 Å². The van der Waals surface area contributed by atoms with Crippen LogP contribution >= 0.6 is 11.6 Å². The molecule has 0 aliphatic rings. The molecule has 0 atom stereocenters. The summed E-state index contributed by atoms with van der Waals surface area (Å²) in [6.45, 7) is 1.91. The second-order valence-corrected chi connectivity index (χ2v) is 9.14. The van der Waals surface area contributed by atoms with Gasteiger partial charge < -0.3 is 9.47 Å². The molecular formula is C25H24ClNO5S. The molecule has 6 nitrogen and oxygen atoms in total. The maximum atomic E-state index is 13.3. The quantitative estimate of drug-likeness (QED) is 0.328. The summed E-state index contributed by atoms with van der Waals surface area (Å²) in [6.07, 6.45) is 4.10. The topological polar surface area (TPSA) is 81.7 Å². The molecule has 1 N–H and O–H groups in total. The van der Waals surface area contributed by atoms with Gasteiger partial charge in [-0.1, -0.05) is 67.1 Å². The molecule has 3 aromatic carbocycles. The van der Waals surface area contributed by atoms with E-state index in [1.54, 1.807) is 48.6 Å². The zero-order valence-corrected chi connectivity index (χ0v) is 20.0. The van der Waals surface area contributed by atoms with Gasteiger partial charge >= 0.3 is 5.97 Å². The minimum atomic E-state index is -4.05. The number of ether oxygens (including phenoxy) is 2. The summed E-state index contributed by atoms with van der Waals surface area (Å²) >= 11 is 5.92. The predicted octanol–water partition coefficient (Wildman–Crippen LogP) is 5.67. The number of rotatable bonds is 8. The first-order chi connectivity index (χ1) is 15.8. The highest BCUT2D eigenvalue weighted by Gasteiger charge is 2.25. The van der Waals surface area contributed by atoms with E-state index in [0.717, 1.165) is 11.1 Å². The largest absolute Gasteiger partial charge is 0.495 e. The summed E-state index contributed by atoms with van der Waals surface area (Å²) in [4.78, 5) is 12.6. The Morgan fingerprint density at radius 1 is 1.00 bits per heavy atom.